The van der Waals surface area contributed by atoms with Crippen LogP contribution >= 0.6 is 11.6 Å². The average molecular weight is 320 g/mol. The van der Waals surface area contributed by atoms with Crippen LogP contribution in [0.2, 0.25) is 5.02 Å². The van der Waals surface area contributed by atoms with Crippen LogP contribution in [0.3, 0.4) is 0 Å². The smallest absolute Gasteiger partial charge is 0.257 e. The van der Waals surface area contributed by atoms with Gasteiger partial charge in [0, 0.05) is 41.9 Å². The number of aromatic hydroxyl groups is 1. The Morgan fingerprint density at radius 1 is 1.41 bits per heavy atom. The third-order valence-electron chi connectivity index (χ3n) is 4.10. The molecule has 1 heterocycles. The number of halogens is 1. The van der Waals surface area contributed by atoms with Gasteiger partial charge in [-0.1, -0.05) is 35.9 Å². The molecule has 1 aliphatic rings. The van der Waals surface area contributed by atoms with Crippen LogP contribution < -0.4 is 0 Å². The molecule has 0 saturated carbocycles. The summed E-state index contributed by atoms with van der Waals surface area (Å²) in [5.74, 6) is 0.114. The summed E-state index contributed by atoms with van der Waals surface area (Å²) in [6, 6.07) is 8.79. The van der Waals surface area contributed by atoms with Crippen LogP contribution in [0.25, 0.3) is 10.8 Å². The number of ether oxygens (including phenoxy) is 1. The molecule has 4 nitrogen and oxygen atoms in total. The molecule has 2 aromatic rings. The zero-order valence-corrected chi connectivity index (χ0v) is 13.1. The third kappa shape index (κ3) is 2.76. The standard InChI is InChI=1S/C17H18ClNO3/c1-19(9-11-6-7-22-10-11)17(21)14-8-15(18)12-4-2-3-5-13(12)16(14)20/h2-5,8,11,20H,6-7,9-10H2,1H3/t11-/m0/s1. The van der Waals surface area contributed by atoms with Crippen molar-refractivity contribution in [3.63, 3.8) is 0 Å². The van der Waals surface area contributed by atoms with Gasteiger partial charge in [0.05, 0.1) is 12.2 Å². The van der Waals surface area contributed by atoms with E-state index < -0.39 is 0 Å². The highest BCUT2D eigenvalue weighted by molar-refractivity contribution is 6.36. The van der Waals surface area contributed by atoms with Crippen LogP contribution in [0.5, 0.6) is 5.75 Å². The first-order valence-corrected chi connectivity index (χ1v) is 7.69. The summed E-state index contributed by atoms with van der Waals surface area (Å²) in [5.41, 5.74) is 0.241. The van der Waals surface area contributed by atoms with Crippen LogP contribution in [-0.4, -0.2) is 42.7 Å². The van der Waals surface area contributed by atoms with Gasteiger partial charge in [0.1, 0.15) is 5.75 Å². The highest BCUT2D eigenvalue weighted by Crippen LogP contribution is 2.34. The van der Waals surface area contributed by atoms with Gasteiger partial charge in [0.15, 0.2) is 0 Å². The molecule has 0 bridgehead atoms. The van der Waals surface area contributed by atoms with E-state index in [4.69, 9.17) is 16.3 Å². The van der Waals surface area contributed by atoms with E-state index >= 15 is 0 Å². The fourth-order valence-corrected chi connectivity index (χ4v) is 3.16. The highest BCUT2D eigenvalue weighted by Gasteiger charge is 2.23. The molecule has 1 saturated heterocycles. The van der Waals surface area contributed by atoms with Gasteiger partial charge in [-0.3, -0.25) is 4.79 Å². The van der Waals surface area contributed by atoms with Crippen LogP contribution in [0.15, 0.2) is 30.3 Å². The molecule has 116 valence electrons. The molecular weight excluding hydrogens is 302 g/mol. The minimum Gasteiger partial charge on any atom is -0.506 e. The van der Waals surface area contributed by atoms with Crippen molar-refractivity contribution in [3.8, 4) is 5.75 Å². The van der Waals surface area contributed by atoms with Crippen molar-refractivity contribution in [2.45, 2.75) is 6.42 Å². The lowest BCUT2D eigenvalue weighted by molar-refractivity contribution is 0.0763. The maximum absolute atomic E-state index is 12.6. The maximum atomic E-state index is 12.6. The number of amides is 1. The Labute approximate surface area is 134 Å². The summed E-state index contributed by atoms with van der Waals surface area (Å²) in [6.45, 7) is 2.05. The maximum Gasteiger partial charge on any atom is 0.257 e. The number of carbonyl (C=O) groups is 1. The topological polar surface area (TPSA) is 49.8 Å². The van der Waals surface area contributed by atoms with Crippen molar-refractivity contribution in [2.24, 2.45) is 5.92 Å². The summed E-state index contributed by atoms with van der Waals surface area (Å²) < 4.78 is 5.34. The van der Waals surface area contributed by atoms with Crippen molar-refractivity contribution in [1.29, 1.82) is 0 Å². The quantitative estimate of drug-likeness (QED) is 0.944. The predicted molar refractivity (Wildman–Crippen MR) is 86.5 cm³/mol. The minimum absolute atomic E-state index is 0.0143. The number of nitrogens with zero attached hydrogens (tertiary/aromatic N) is 1. The summed E-state index contributed by atoms with van der Waals surface area (Å²) in [4.78, 5) is 14.2. The number of phenolic OH excluding ortho intramolecular Hbond substituents is 1. The Hall–Kier alpha value is -1.78. The number of phenols is 1. The summed E-state index contributed by atoms with van der Waals surface area (Å²) in [5, 5.41) is 12.2. The van der Waals surface area contributed by atoms with Crippen molar-refractivity contribution in [3.05, 3.63) is 40.9 Å². The predicted octanol–water partition coefficient (Wildman–Crippen LogP) is 3.31. The summed E-state index contributed by atoms with van der Waals surface area (Å²) in [6.07, 6.45) is 0.960. The first kappa shape index (κ1) is 15.1. The van der Waals surface area contributed by atoms with Gasteiger partial charge in [-0.25, -0.2) is 0 Å². The normalized spacial score (nSPS) is 17.8. The van der Waals surface area contributed by atoms with Crippen molar-refractivity contribution in [1.82, 2.24) is 4.90 Å². The molecule has 0 aliphatic carbocycles. The molecule has 1 N–H and O–H groups in total. The van der Waals surface area contributed by atoms with Gasteiger partial charge < -0.3 is 14.7 Å². The van der Waals surface area contributed by atoms with Crippen LogP contribution in [0, 0.1) is 5.92 Å². The molecule has 2 aromatic carbocycles. The third-order valence-corrected chi connectivity index (χ3v) is 4.41. The number of benzene rings is 2. The number of carbonyl (C=O) groups excluding carboxylic acids is 1. The molecule has 5 heteroatoms. The minimum atomic E-state index is -0.225. The second-order valence-corrected chi connectivity index (χ2v) is 6.12. The Kier molecular flexibility index (Phi) is 4.23. The zero-order chi connectivity index (χ0) is 15.7. The molecular formula is C17H18ClNO3. The first-order valence-electron chi connectivity index (χ1n) is 7.31. The van der Waals surface area contributed by atoms with Gasteiger partial charge in [-0.15, -0.1) is 0 Å². The first-order chi connectivity index (χ1) is 10.6. The van der Waals surface area contributed by atoms with Crippen molar-refractivity contribution < 1.29 is 14.6 Å². The van der Waals surface area contributed by atoms with Crippen LogP contribution in [-0.2, 0) is 4.74 Å². The van der Waals surface area contributed by atoms with Gasteiger partial charge in [0.25, 0.3) is 5.91 Å². The molecule has 1 aliphatic heterocycles. The van der Waals surface area contributed by atoms with Gasteiger partial charge >= 0.3 is 0 Å². The molecule has 3 rings (SSSR count). The Morgan fingerprint density at radius 2 is 2.14 bits per heavy atom. The molecule has 0 radical (unpaired) electrons. The average Bonchev–Trinajstić information content (AvgIpc) is 3.03. The summed E-state index contributed by atoms with van der Waals surface area (Å²) >= 11 is 6.25. The Bertz CT molecular complexity index is 710. The fraction of sp³-hybridized carbons (Fsp3) is 0.353. The SMILES string of the molecule is CN(C[C@@H]1CCOC1)C(=O)c1cc(Cl)c2ccccc2c1O. The van der Waals surface area contributed by atoms with Crippen molar-refractivity contribution >= 4 is 28.3 Å². The van der Waals surface area contributed by atoms with Crippen LogP contribution in [0.4, 0.5) is 0 Å². The summed E-state index contributed by atoms with van der Waals surface area (Å²) in [7, 11) is 1.74. The van der Waals surface area contributed by atoms with Gasteiger partial charge in [-0.05, 0) is 12.5 Å². The lowest BCUT2D eigenvalue weighted by atomic mass is 10.0. The van der Waals surface area contributed by atoms with E-state index in [9.17, 15) is 9.90 Å². The van der Waals surface area contributed by atoms with E-state index in [-0.39, 0.29) is 17.2 Å². The van der Waals surface area contributed by atoms with E-state index in [1.165, 1.54) is 0 Å². The second-order valence-electron chi connectivity index (χ2n) is 5.72. The largest absolute Gasteiger partial charge is 0.506 e. The van der Waals surface area contributed by atoms with Crippen molar-refractivity contribution in [2.75, 3.05) is 26.8 Å². The molecule has 1 fully saturated rings. The van der Waals surface area contributed by atoms with Crippen LogP contribution in [0.1, 0.15) is 16.8 Å². The Morgan fingerprint density at radius 3 is 2.82 bits per heavy atom. The van der Waals surface area contributed by atoms with E-state index in [0.717, 1.165) is 18.4 Å². The molecule has 0 unspecified atom stereocenters. The lowest BCUT2D eigenvalue weighted by Gasteiger charge is -2.21. The fourth-order valence-electron chi connectivity index (χ4n) is 2.88. The number of rotatable bonds is 3. The monoisotopic (exact) mass is 319 g/mol. The van der Waals surface area contributed by atoms with E-state index in [0.29, 0.717) is 29.5 Å². The zero-order valence-electron chi connectivity index (χ0n) is 12.4. The molecule has 1 atom stereocenters. The van der Waals surface area contributed by atoms with Gasteiger partial charge in [-0.2, -0.15) is 0 Å². The highest BCUT2D eigenvalue weighted by atomic mass is 35.5. The van der Waals surface area contributed by atoms with E-state index in [1.807, 2.05) is 18.2 Å². The molecule has 1 amide bonds. The van der Waals surface area contributed by atoms with E-state index in [1.54, 1.807) is 24.1 Å². The second kappa shape index (κ2) is 6.15. The Balaban J connectivity index is 1.91. The molecule has 0 aromatic heterocycles. The number of hydrogen-bond acceptors (Lipinski definition) is 3. The lowest BCUT2D eigenvalue weighted by Crippen LogP contribution is -2.32. The number of fused-ring (bicyclic) bond motifs is 1. The molecule has 22 heavy (non-hydrogen) atoms. The molecule has 0 spiro atoms. The van der Waals surface area contributed by atoms with E-state index in [2.05, 4.69) is 0 Å². The van der Waals surface area contributed by atoms with Gasteiger partial charge in [0.2, 0.25) is 0 Å². The number of hydrogen-bond donors (Lipinski definition) is 1.